The summed E-state index contributed by atoms with van der Waals surface area (Å²) in [5.74, 6) is 0.675. The van der Waals surface area contributed by atoms with Gasteiger partial charge in [-0.25, -0.2) is 4.98 Å². The highest BCUT2D eigenvalue weighted by Crippen LogP contribution is 2.17. The van der Waals surface area contributed by atoms with E-state index in [0.29, 0.717) is 5.92 Å². The number of rotatable bonds is 8. The monoisotopic (exact) mass is 284 g/mol. The molecule has 1 rings (SSSR count). The fourth-order valence-electron chi connectivity index (χ4n) is 1.93. The number of hydrogen-bond donors (Lipinski definition) is 1. The molecule has 19 heavy (non-hydrogen) atoms. The Morgan fingerprint density at radius 3 is 2.42 bits per heavy atom. The summed E-state index contributed by atoms with van der Waals surface area (Å²) in [6.45, 7) is 10.7. The van der Waals surface area contributed by atoms with Gasteiger partial charge in [0.05, 0.1) is 11.7 Å². The highest BCUT2D eigenvalue weighted by atomic mass is 32.1. The van der Waals surface area contributed by atoms with E-state index in [0.717, 1.165) is 36.9 Å². The molecule has 0 aromatic carbocycles. The Morgan fingerprint density at radius 2 is 1.95 bits per heavy atom. The van der Waals surface area contributed by atoms with Gasteiger partial charge in [0.15, 0.2) is 0 Å². The van der Waals surface area contributed by atoms with Crippen LogP contribution in [-0.2, 0) is 6.54 Å². The quantitative estimate of drug-likeness (QED) is 0.795. The lowest BCUT2D eigenvalue weighted by atomic mass is 10.2. The van der Waals surface area contributed by atoms with Crippen molar-refractivity contribution in [3.8, 4) is 0 Å². The summed E-state index contributed by atoms with van der Waals surface area (Å²) >= 11 is 1.67. The Balaban J connectivity index is 2.58. The van der Waals surface area contributed by atoms with Gasteiger partial charge >= 0.3 is 0 Å². The van der Waals surface area contributed by atoms with Gasteiger partial charge in [-0.1, -0.05) is 13.8 Å². The minimum atomic E-state index is 0.0408. The molecule has 110 valence electrons. The molecule has 1 heterocycles. The van der Waals surface area contributed by atoms with Crippen LogP contribution in [0.5, 0.6) is 0 Å². The number of hydrogen-bond acceptors (Lipinski definition) is 5. The molecule has 0 aliphatic heterocycles. The minimum absolute atomic E-state index is 0.0408. The first-order valence-electron chi connectivity index (χ1n) is 6.95. The standard InChI is InChI=1S/C14H28N4S/c1-11(2)8-18(7-6-17(4)5)9-13-10-19-14(16-13)12(3)15/h10-12H,6-9,15H2,1-5H3. The molecule has 1 atom stereocenters. The summed E-state index contributed by atoms with van der Waals surface area (Å²) < 4.78 is 0. The van der Waals surface area contributed by atoms with E-state index in [2.05, 4.69) is 48.1 Å². The molecule has 4 nitrogen and oxygen atoms in total. The second-order valence-electron chi connectivity index (χ2n) is 5.90. The first-order valence-corrected chi connectivity index (χ1v) is 7.83. The van der Waals surface area contributed by atoms with Gasteiger partial charge in [-0.2, -0.15) is 0 Å². The smallest absolute Gasteiger partial charge is 0.109 e. The van der Waals surface area contributed by atoms with Crippen molar-refractivity contribution in [2.24, 2.45) is 11.7 Å². The second-order valence-corrected chi connectivity index (χ2v) is 6.79. The van der Waals surface area contributed by atoms with Crippen molar-refractivity contribution >= 4 is 11.3 Å². The van der Waals surface area contributed by atoms with E-state index in [-0.39, 0.29) is 6.04 Å². The van der Waals surface area contributed by atoms with Gasteiger partial charge in [-0.05, 0) is 26.9 Å². The molecule has 0 saturated heterocycles. The zero-order chi connectivity index (χ0) is 14.4. The minimum Gasteiger partial charge on any atom is -0.322 e. The van der Waals surface area contributed by atoms with Gasteiger partial charge in [0.1, 0.15) is 5.01 Å². The molecule has 0 bridgehead atoms. The van der Waals surface area contributed by atoms with Crippen LogP contribution in [0.2, 0.25) is 0 Å². The van der Waals surface area contributed by atoms with E-state index in [9.17, 15) is 0 Å². The van der Waals surface area contributed by atoms with Crippen LogP contribution in [-0.4, -0.2) is 48.5 Å². The van der Waals surface area contributed by atoms with E-state index in [4.69, 9.17) is 5.73 Å². The van der Waals surface area contributed by atoms with Crippen LogP contribution < -0.4 is 5.73 Å². The van der Waals surface area contributed by atoms with Gasteiger partial charge in [-0.15, -0.1) is 11.3 Å². The lowest BCUT2D eigenvalue weighted by Crippen LogP contribution is -2.34. The van der Waals surface area contributed by atoms with Gasteiger partial charge < -0.3 is 10.6 Å². The highest BCUT2D eigenvalue weighted by molar-refractivity contribution is 7.09. The van der Waals surface area contributed by atoms with Crippen LogP contribution in [0.3, 0.4) is 0 Å². The van der Waals surface area contributed by atoms with Gasteiger partial charge in [0.25, 0.3) is 0 Å². The third kappa shape index (κ3) is 6.47. The van der Waals surface area contributed by atoms with E-state index >= 15 is 0 Å². The SMILES string of the molecule is CC(C)CN(CCN(C)C)Cc1csc(C(C)N)n1. The molecular weight excluding hydrogens is 256 g/mol. The summed E-state index contributed by atoms with van der Waals surface area (Å²) in [5.41, 5.74) is 7.01. The first kappa shape index (κ1) is 16.6. The summed E-state index contributed by atoms with van der Waals surface area (Å²) in [6, 6.07) is 0.0408. The molecule has 0 radical (unpaired) electrons. The molecule has 0 spiro atoms. The fraction of sp³-hybridized carbons (Fsp3) is 0.786. The Bertz CT molecular complexity index is 360. The average Bonchev–Trinajstić information content (AvgIpc) is 2.73. The maximum Gasteiger partial charge on any atom is 0.109 e. The summed E-state index contributed by atoms with van der Waals surface area (Å²) in [7, 11) is 4.23. The van der Waals surface area contributed by atoms with Gasteiger partial charge in [0, 0.05) is 31.6 Å². The average molecular weight is 284 g/mol. The topological polar surface area (TPSA) is 45.4 Å². The zero-order valence-corrected chi connectivity index (χ0v) is 13.7. The van der Waals surface area contributed by atoms with Crippen molar-refractivity contribution in [3.63, 3.8) is 0 Å². The Morgan fingerprint density at radius 1 is 1.26 bits per heavy atom. The lowest BCUT2D eigenvalue weighted by Gasteiger charge is -2.25. The van der Waals surface area contributed by atoms with Crippen molar-refractivity contribution < 1.29 is 0 Å². The van der Waals surface area contributed by atoms with Gasteiger partial charge in [-0.3, -0.25) is 4.90 Å². The molecule has 1 unspecified atom stereocenters. The Hall–Kier alpha value is -0.490. The van der Waals surface area contributed by atoms with E-state index < -0.39 is 0 Å². The molecule has 0 amide bonds. The number of aromatic nitrogens is 1. The van der Waals surface area contributed by atoms with Crippen molar-refractivity contribution in [1.29, 1.82) is 0 Å². The predicted octanol–water partition coefficient (Wildman–Crippen LogP) is 2.18. The third-order valence-corrected chi connectivity index (χ3v) is 3.93. The predicted molar refractivity (Wildman–Crippen MR) is 83.4 cm³/mol. The largest absolute Gasteiger partial charge is 0.322 e. The number of nitrogens with two attached hydrogens (primary N) is 1. The number of likely N-dealkylation sites (N-methyl/N-ethyl adjacent to an activating group) is 1. The summed E-state index contributed by atoms with van der Waals surface area (Å²) in [5, 5.41) is 3.17. The normalized spacial score (nSPS) is 13.7. The maximum absolute atomic E-state index is 5.86. The molecule has 0 saturated carbocycles. The Kier molecular flexibility index (Phi) is 6.93. The van der Waals surface area contributed by atoms with Crippen molar-refractivity contribution in [3.05, 3.63) is 16.1 Å². The molecule has 1 aromatic rings. The zero-order valence-electron chi connectivity index (χ0n) is 12.9. The van der Waals surface area contributed by atoms with Crippen LogP contribution >= 0.6 is 11.3 Å². The maximum atomic E-state index is 5.86. The van der Waals surface area contributed by atoms with Gasteiger partial charge in [0.2, 0.25) is 0 Å². The Labute approximate surface area is 121 Å². The van der Waals surface area contributed by atoms with Crippen LogP contribution in [0.4, 0.5) is 0 Å². The summed E-state index contributed by atoms with van der Waals surface area (Å²) in [6.07, 6.45) is 0. The van der Waals surface area contributed by atoms with Crippen molar-refractivity contribution in [2.75, 3.05) is 33.7 Å². The molecule has 0 aliphatic carbocycles. The molecule has 0 fully saturated rings. The van der Waals surface area contributed by atoms with Crippen LogP contribution in [0.1, 0.15) is 37.5 Å². The third-order valence-electron chi connectivity index (χ3n) is 2.83. The van der Waals surface area contributed by atoms with E-state index in [1.165, 1.54) is 0 Å². The van der Waals surface area contributed by atoms with Crippen LogP contribution in [0.25, 0.3) is 0 Å². The number of thiazole rings is 1. The molecule has 5 heteroatoms. The second kappa shape index (κ2) is 7.94. The molecule has 0 aliphatic rings. The summed E-state index contributed by atoms with van der Waals surface area (Å²) in [4.78, 5) is 9.32. The van der Waals surface area contributed by atoms with Crippen molar-refractivity contribution in [1.82, 2.24) is 14.8 Å². The van der Waals surface area contributed by atoms with Crippen molar-refractivity contribution in [2.45, 2.75) is 33.4 Å². The van der Waals surface area contributed by atoms with E-state index in [1.807, 2.05) is 6.92 Å². The highest BCUT2D eigenvalue weighted by Gasteiger charge is 2.12. The molecule has 2 N–H and O–H groups in total. The first-order chi connectivity index (χ1) is 8.88. The number of nitrogens with zero attached hydrogens (tertiary/aromatic N) is 3. The fourth-order valence-corrected chi connectivity index (χ4v) is 2.69. The molecule has 1 aromatic heterocycles. The van der Waals surface area contributed by atoms with Crippen LogP contribution in [0, 0.1) is 5.92 Å². The van der Waals surface area contributed by atoms with E-state index in [1.54, 1.807) is 11.3 Å². The lowest BCUT2D eigenvalue weighted by molar-refractivity contribution is 0.210. The molecular formula is C14H28N4S. The van der Waals surface area contributed by atoms with Crippen LogP contribution in [0.15, 0.2) is 5.38 Å².